The minimum atomic E-state index is -0.214. The van der Waals surface area contributed by atoms with Gasteiger partial charge in [-0.05, 0) is 38.8 Å². The second-order valence-corrected chi connectivity index (χ2v) is 4.73. The van der Waals surface area contributed by atoms with E-state index in [1.165, 1.54) is 6.07 Å². The number of methoxy groups -OCH3 is 1. The molecular formula is C16H26FNO2. The highest BCUT2D eigenvalue weighted by atomic mass is 19.1. The normalized spacial score (nSPS) is 12.4. The fourth-order valence-electron chi connectivity index (χ4n) is 2.14. The molecule has 0 saturated carbocycles. The first-order chi connectivity index (χ1) is 9.72. The van der Waals surface area contributed by atoms with Crippen LogP contribution in [0, 0.1) is 5.82 Å². The Morgan fingerprint density at radius 1 is 1.30 bits per heavy atom. The highest BCUT2D eigenvalue weighted by Gasteiger charge is 2.15. The summed E-state index contributed by atoms with van der Waals surface area (Å²) >= 11 is 0. The number of hydrogen-bond donors (Lipinski definition) is 1. The summed E-state index contributed by atoms with van der Waals surface area (Å²) in [4.78, 5) is 0. The second kappa shape index (κ2) is 9.72. The lowest BCUT2D eigenvalue weighted by Crippen LogP contribution is -2.23. The Morgan fingerprint density at radius 3 is 2.70 bits per heavy atom. The van der Waals surface area contributed by atoms with Crippen molar-refractivity contribution in [1.29, 1.82) is 0 Å². The monoisotopic (exact) mass is 283 g/mol. The Morgan fingerprint density at radius 2 is 2.10 bits per heavy atom. The third-order valence-electron chi connectivity index (χ3n) is 3.21. The topological polar surface area (TPSA) is 30.5 Å². The molecule has 0 aliphatic rings. The summed E-state index contributed by atoms with van der Waals surface area (Å²) in [5.41, 5.74) is 0.704. The molecule has 1 aromatic rings. The molecule has 0 saturated heterocycles. The molecule has 1 atom stereocenters. The van der Waals surface area contributed by atoms with E-state index in [1.54, 1.807) is 7.11 Å². The molecule has 0 aliphatic carbocycles. The summed E-state index contributed by atoms with van der Waals surface area (Å²) < 4.78 is 24.5. The van der Waals surface area contributed by atoms with Gasteiger partial charge in [-0.3, -0.25) is 0 Å². The quantitative estimate of drug-likeness (QED) is 0.664. The molecule has 1 unspecified atom stereocenters. The van der Waals surface area contributed by atoms with Crippen molar-refractivity contribution in [2.45, 2.75) is 39.2 Å². The van der Waals surface area contributed by atoms with E-state index in [2.05, 4.69) is 12.2 Å². The van der Waals surface area contributed by atoms with Crippen LogP contribution in [0.2, 0.25) is 0 Å². The largest absolute Gasteiger partial charge is 0.497 e. The van der Waals surface area contributed by atoms with E-state index in [9.17, 15) is 4.39 Å². The number of benzene rings is 1. The minimum Gasteiger partial charge on any atom is -0.497 e. The summed E-state index contributed by atoms with van der Waals surface area (Å²) in [6.07, 6.45) is 2.81. The Labute approximate surface area is 121 Å². The van der Waals surface area contributed by atoms with Crippen LogP contribution in [0.3, 0.4) is 0 Å². The van der Waals surface area contributed by atoms with E-state index in [-0.39, 0.29) is 11.9 Å². The van der Waals surface area contributed by atoms with E-state index >= 15 is 0 Å². The maximum atomic E-state index is 14.1. The van der Waals surface area contributed by atoms with Gasteiger partial charge in [0.05, 0.1) is 7.11 Å². The van der Waals surface area contributed by atoms with Gasteiger partial charge in [0.25, 0.3) is 0 Å². The molecule has 0 amide bonds. The van der Waals surface area contributed by atoms with Crippen LogP contribution < -0.4 is 10.1 Å². The van der Waals surface area contributed by atoms with Crippen molar-refractivity contribution < 1.29 is 13.9 Å². The molecule has 0 radical (unpaired) electrons. The molecule has 114 valence electrons. The van der Waals surface area contributed by atoms with Gasteiger partial charge < -0.3 is 14.8 Å². The van der Waals surface area contributed by atoms with Crippen molar-refractivity contribution in [3.8, 4) is 5.75 Å². The molecule has 0 spiro atoms. The lowest BCUT2D eigenvalue weighted by atomic mass is 10.0. The summed E-state index contributed by atoms with van der Waals surface area (Å²) in [5.74, 6) is 0.337. The van der Waals surface area contributed by atoms with Gasteiger partial charge in [-0.1, -0.05) is 13.0 Å². The third kappa shape index (κ3) is 5.47. The Hall–Kier alpha value is -1.13. The lowest BCUT2D eigenvalue weighted by Gasteiger charge is -2.20. The summed E-state index contributed by atoms with van der Waals surface area (Å²) in [5, 5.41) is 3.40. The van der Waals surface area contributed by atoms with E-state index < -0.39 is 0 Å². The summed E-state index contributed by atoms with van der Waals surface area (Å²) in [6, 6.07) is 5.09. The predicted molar refractivity (Wildman–Crippen MR) is 79.7 cm³/mol. The summed E-state index contributed by atoms with van der Waals surface area (Å²) in [6.45, 7) is 6.41. The minimum absolute atomic E-state index is 0.0290. The van der Waals surface area contributed by atoms with Crippen molar-refractivity contribution >= 4 is 0 Å². The summed E-state index contributed by atoms with van der Waals surface area (Å²) in [7, 11) is 1.54. The second-order valence-electron chi connectivity index (χ2n) is 4.73. The Kier molecular flexibility index (Phi) is 8.23. The van der Waals surface area contributed by atoms with E-state index in [1.807, 2.05) is 19.1 Å². The van der Waals surface area contributed by atoms with Gasteiger partial charge in [0, 0.05) is 30.9 Å². The molecule has 1 rings (SSSR count). The highest BCUT2D eigenvalue weighted by Crippen LogP contribution is 2.25. The third-order valence-corrected chi connectivity index (χ3v) is 3.21. The number of nitrogens with one attached hydrogen (secondary N) is 1. The molecule has 0 heterocycles. The maximum Gasteiger partial charge on any atom is 0.131 e. The van der Waals surface area contributed by atoms with Gasteiger partial charge in [0.15, 0.2) is 0 Å². The van der Waals surface area contributed by atoms with E-state index in [0.717, 1.165) is 39.0 Å². The maximum absolute atomic E-state index is 14.1. The zero-order chi connectivity index (χ0) is 14.8. The van der Waals surface area contributed by atoms with Crippen LogP contribution in [0.5, 0.6) is 5.75 Å². The standard InChI is InChI=1S/C16H26FNO2/c1-4-10-18-16(7-6-11-20-5-2)14-9-8-13(19-3)12-15(14)17/h8-9,12,16,18H,4-7,10-11H2,1-3H3. The zero-order valence-electron chi connectivity index (χ0n) is 12.7. The number of rotatable bonds is 10. The van der Waals surface area contributed by atoms with E-state index in [0.29, 0.717) is 11.3 Å². The van der Waals surface area contributed by atoms with Crippen molar-refractivity contribution in [2.24, 2.45) is 0 Å². The van der Waals surface area contributed by atoms with Crippen LogP contribution >= 0.6 is 0 Å². The predicted octanol–water partition coefficient (Wildman–Crippen LogP) is 3.69. The number of halogens is 1. The van der Waals surface area contributed by atoms with Crippen molar-refractivity contribution in [3.63, 3.8) is 0 Å². The van der Waals surface area contributed by atoms with Crippen LogP contribution in [0.15, 0.2) is 18.2 Å². The van der Waals surface area contributed by atoms with Crippen LogP contribution in [-0.4, -0.2) is 26.9 Å². The fraction of sp³-hybridized carbons (Fsp3) is 0.625. The molecule has 0 aliphatic heterocycles. The molecule has 20 heavy (non-hydrogen) atoms. The van der Waals surface area contributed by atoms with Crippen LogP contribution in [0.4, 0.5) is 4.39 Å². The Bertz CT molecular complexity index is 385. The fourth-order valence-corrected chi connectivity index (χ4v) is 2.14. The van der Waals surface area contributed by atoms with Gasteiger partial charge in [-0.25, -0.2) is 4.39 Å². The van der Waals surface area contributed by atoms with Gasteiger partial charge >= 0.3 is 0 Å². The lowest BCUT2D eigenvalue weighted by molar-refractivity contribution is 0.140. The van der Waals surface area contributed by atoms with Crippen molar-refractivity contribution in [1.82, 2.24) is 5.32 Å². The van der Waals surface area contributed by atoms with Crippen molar-refractivity contribution in [2.75, 3.05) is 26.9 Å². The molecule has 3 nitrogen and oxygen atoms in total. The van der Waals surface area contributed by atoms with Crippen LogP contribution in [0.25, 0.3) is 0 Å². The van der Waals surface area contributed by atoms with Gasteiger partial charge in [0.2, 0.25) is 0 Å². The molecule has 1 aromatic carbocycles. The zero-order valence-corrected chi connectivity index (χ0v) is 12.7. The number of hydrogen-bond acceptors (Lipinski definition) is 3. The molecular weight excluding hydrogens is 257 g/mol. The average molecular weight is 283 g/mol. The van der Waals surface area contributed by atoms with Crippen LogP contribution in [-0.2, 0) is 4.74 Å². The van der Waals surface area contributed by atoms with Gasteiger partial charge in [-0.15, -0.1) is 0 Å². The average Bonchev–Trinajstić information content (AvgIpc) is 2.47. The molecule has 1 N–H and O–H groups in total. The smallest absolute Gasteiger partial charge is 0.131 e. The van der Waals surface area contributed by atoms with Crippen LogP contribution in [0.1, 0.15) is 44.7 Å². The van der Waals surface area contributed by atoms with Crippen molar-refractivity contribution in [3.05, 3.63) is 29.6 Å². The van der Waals surface area contributed by atoms with E-state index in [4.69, 9.17) is 9.47 Å². The first kappa shape index (κ1) is 16.9. The first-order valence-electron chi connectivity index (χ1n) is 7.37. The first-order valence-corrected chi connectivity index (χ1v) is 7.37. The highest BCUT2D eigenvalue weighted by molar-refractivity contribution is 5.30. The Balaban J connectivity index is 2.70. The molecule has 0 fully saturated rings. The SMILES string of the molecule is CCCNC(CCCOCC)c1ccc(OC)cc1F. The van der Waals surface area contributed by atoms with Gasteiger partial charge in [0.1, 0.15) is 11.6 Å². The molecule has 4 heteroatoms. The molecule has 0 aromatic heterocycles. The van der Waals surface area contributed by atoms with Gasteiger partial charge in [-0.2, -0.15) is 0 Å². The molecule has 0 bridgehead atoms. The number of ether oxygens (including phenoxy) is 2.